The van der Waals surface area contributed by atoms with Gasteiger partial charge in [0.05, 0.1) is 18.1 Å². The van der Waals surface area contributed by atoms with E-state index in [2.05, 4.69) is 20.0 Å². The number of aromatic nitrogens is 2. The minimum absolute atomic E-state index is 0.0193. The van der Waals surface area contributed by atoms with Crippen molar-refractivity contribution >= 4 is 34.3 Å². The molecule has 1 N–H and O–H groups in total. The molecule has 15 heteroatoms. The van der Waals surface area contributed by atoms with Gasteiger partial charge < -0.3 is 19.5 Å². The first-order valence-corrected chi connectivity index (χ1v) is 10.7. The molecule has 11 nitrogen and oxygen atoms in total. The van der Waals surface area contributed by atoms with Crippen molar-refractivity contribution in [2.45, 2.75) is 13.0 Å². The van der Waals surface area contributed by atoms with Crippen LogP contribution in [0.25, 0.3) is 21.5 Å². The summed E-state index contributed by atoms with van der Waals surface area (Å²) in [5, 5.41) is 2.89. The Morgan fingerprint density at radius 1 is 1.16 bits per heavy atom. The molecule has 0 bridgehead atoms. The molecule has 4 rings (SSSR count). The number of hydrogen-bond acceptors (Lipinski definition) is 6. The summed E-state index contributed by atoms with van der Waals surface area (Å²) in [4.78, 5) is 49.9. The highest BCUT2D eigenvalue weighted by atomic mass is 19.2. The van der Waals surface area contributed by atoms with E-state index in [4.69, 9.17) is 10.3 Å². The van der Waals surface area contributed by atoms with E-state index < -0.39 is 58.2 Å². The SMILES string of the molecule is COc1ccnc2[nH]cc(C(=O)C(=O)N3CCN(C(=O)c4c(F)c(F)c(N=[N+]=[N-])c(F)c4F)CC3C)c12. The van der Waals surface area contributed by atoms with Gasteiger partial charge in [0.1, 0.15) is 22.6 Å². The normalized spacial score (nSPS) is 15.5. The van der Waals surface area contributed by atoms with Crippen LogP contribution in [0.4, 0.5) is 23.2 Å². The number of H-pyrrole nitrogens is 1. The number of fused-ring (bicyclic) bond motifs is 1. The van der Waals surface area contributed by atoms with Gasteiger partial charge in [-0.15, -0.1) is 0 Å². The van der Waals surface area contributed by atoms with E-state index >= 15 is 0 Å². The van der Waals surface area contributed by atoms with Crippen molar-refractivity contribution in [2.24, 2.45) is 5.11 Å². The summed E-state index contributed by atoms with van der Waals surface area (Å²) in [5.41, 5.74) is 5.65. The van der Waals surface area contributed by atoms with E-state index in [-0.39, 0.29) is 25.2 Å². The summed E-state index contributed by atoms with van der Waals surface area (Å²) in [6.07, 6.45) is 2.78. The highest BCUT2D eigenvalue weighted by Crippen LogP contribution is 2.32. The quantitative estimate of drug-likeness (QED) is 0.104. The number of hydrogen-bond donors (Lipinski definition) is 1. The Balaban J connectivity index is 1.56. The molecule has 1 saturated heterocycles. The van der Waals surface area contributed by atoms with Crippen molar-refractivity contribution < 1.29 is 36.7 Å². The van der Waals surface area contributed by atoms with Gasteiger partial charge in [0.25, 0.3) is 17.6 Å². The number of carbonyl (C=O) groups excluding carboxylic acids is 3. The van der Waals surface area contributed by atoms with Gasteiger partial charge in [-0.3, -0.25) is 14.4 Å². The van der Waals surface area contributed by atoms with Crippen LogP contribution in [0.5, 0.6) is 5.75 Å². The predicted molar refractivity (Wildman–Crippen MR) is 119 cm³/mol. The third-order valence-corrected chi connectivity index (χ3v) is 5.97. The zero-order valence-electron chi connectivity index (χ0n) is 19.3. The molecule has 1 aliphatic heterocycles. The predicted octanol–water partition coefficient (Wildman–Crippen LogP) is 3.63. The number of ketones is 1. The summed E-state index contributed by atoms with van der Waals surface area (Å²) >= 11 is 0. The number of nitrogens with one attached hydrogen (secondary N) is 1. The van der Waals surface area contributed by atoms with Gasteiger partial charge in [0.2, 0.25) is 0 Å². The van der Waals surface area contributed by atoms with E-state index in [1.165, 1.54) is 37.4 Å². The molecule has 0 aliphatic carbocycles. The number of benzene rings is 1. The zero-order valence-corrected chi connectivity index (χ0v) is 19.3. The number of methoxy groups -OCH3 is 1. The van der Waals surface area contributed by atoms with Crippen LogP contribution in [0.15, 0.2) is 23.6 Å². The Hall–Kier alpha value is -4.65. The van der Waals surface area contributed by atoms with Crippen molar-refractivity contribution in [2.75, 3.05) is 26.7 Å². The minimum atomic E-state index is -2.02. The first-order valence-electron chi connectivity index (χ1n) is 10.7. The highest BCUT2D eigenvalue weighted by Gasteiger charge is 2.37. The third-order valence-electron chi connectivity index (χ3n) is 5.97. The van der Waals surface area contributed by atoms with Crippen LogP contribution in [0.1, 0.15) is 27.6 Å². The molecule has 192 valence electrons. The Bertz CT molecular complexity index is 1470. The molecular weight excluding hydrogens is 502 g/mol. The fraction of sp³-hybridized carbons (Fsp3) is 0.273. The number of nitrogens with zero attached hydrogens (tertiary/aromatic N) is 6. The molecule has 1 fully saturated rings. The van der Waals surface area contributed by atoms with Crippen molar-refractivity contribution in [1.29, 1.82) is 0 Å². The zero-order chi connectivity index (χ0) is 27.0. The van der Waals surface area contributed by atoms with E-state index in [1.54, 1.807) is 0 Å². The lowest BCUT2D eigenvalue weighted by atomic mass is 10.1. The molecule has 2 amide bonds. The Kier molecular flexibility index (Phi) is 6.72. The number of azide groups is 1. The van der Waals surface area contributed by atoms with Gasteiger partial charge in [0, 0.05) is 43.0 Å². The van der Waals surface area contributed by atoms with Gasteiger partial charge in [-0.1, -0.05) is 5.11 Å². The summed E-state index contributed by atoms with van der Waals surface area (Å²) in [6, 6.07) is 0.718. The molecule has 1 aliphatic rings. The molecule has 0 spiro atoms. The lowest BCUT2D eigenvalue weighted by molar-refractivity contribution is -0.130. The summed E-state index contributed by atoms with van der Waals surface area (Å²) in [7, 11) is 1.39. The minimum Gasteiger partial charge on any atom is -0.496 e. The third kappa shape index (κ3) is 4.18. The van der Waals surface area contributed by atoms with Crippen LogP contribution < -0.4 is 4.74 Å². The van der Waals surface area contributed by atoms with Crippen molar-refractivity contribution in [3.8, 4) is 5.75 Å². The maximum Gasteiger partial charge on any atom is 0.295 e. The van der Waals surface area contributed by atoms with Gasteiger partial charge in [0.15, 0.2) is 23.3 Å². The lowest BCUT2D eigenvalue weighted by Gasteiger charge is -2.39. The second-order valence-electron chi connectivity index (χ2n) is 8.04. The second kappa shape index (κ2) is 9.78. The van der Waals surface area contributed by atoms with Gasteiger partial charge in [-0.2, -0.15) is 0 Å². The van der Waals surface area contributed by atoms with Crippen LogP contribution in [-0.2, 0) is 4.79 Å². The first-order chi connectivity index (χ1) is 17.6. The maximum atomic E-state index is 14.4. The number of aromatic amines is 1. The molecule has 1 unspecified atom stereocenters. The summed E-state index contributed by atoms with van der Waals surface area (Å²) in [5.74, 6) is -10.9. The van der Waals surface area contributed by atoms with E-state index in [0.29, 0.717) is 16.8 Å². The van der Waals surface area contributed by atoms with Crippen LogP contribution in [0.3, 0.4) is 0 Å². The topological polar surface area (TPSA) is 144 Å². The van der Waals surface area contributed by atoms with Gasteiger partial charge in [-0.05, 0) is 18.5 Å². The van der Waals surface area contributed by atoms with E-state index in [1.807, 2.05) is 0 Å². The number of piperazine rings is 1. The Morgan fingerprint density at radius 2 is 1.84 bits per heavy atom. The Morgan fingerprint density at radius 3 is 2.43 bits per heavy atom. The summed E-state index contributed by atoms with van der Waals surface area (Å²) < 4.78 is 62.4. The maximum absolute atomic E-state index is 14.4. The van der Waals surface area contributed by atoms with Crippen LogP contribution in [-0.4, -0.2) is 70.2 Å². The number of carbonyl (C=O) groups is 3. The molecule has 3 heterocycles. The van der Waals surface area contributed by atoms with Crippen molar-refractivity contribution in [3.05, 3.63) is 63.3 Å². The number of ether oxygens (including phenoxy) is 1. The van der Waals surface area contributed by atoms with Gasteiger partial charge >= 0.3 is 0 Å². The molecule has 3 aromatic rings. The molecule has 1 aromatic carbocycles. The molecule has 0 radical (unpaired) electrons. The molecular formula is C22H17F4N7O4. The monoisotopic (exact) mass is 519 g/mol. The lowest BCUT2D eigenvalue weighted by Crippen LogP contribution is -2.57. The average Bonchev–Trinajstić information content (AvgIpc) is 3.33. The Labute approximate surface area is 205 Å². The summed E-state index contributed by atoms with van der Waals surface area (Å²) in [6.45, 7) is 0.693. The van der Waals surface area contributed by atoms with Crippen LogP contribution in [0, 0.1) is 23.3 Å². The number of rotatable bonds is 5. The average molecular weight is 519 g/mol. The second-order valence-corrected chi connectivity index (χ2v) is 8.04. The van der Waals surface area contributed by atoms with Crippen LogP contribution in [0.2, 0.25) is 0 Å². The molecule has 0 saturated carbocycles. The number of halogens is 4. The highest BCUT2D eigenvalue weighted by molar-refractivity contribution is 6.45. The molecule has 37 heavy (non-hydrogen) atoms. The van der Waals surface area contributed by atoms with Crippen molar-refractivity contribution in [3.63, 3.8) is 0 Å². The van der Waals surface area contributed by atoms with Crippen LogP contribution >= 0.6 is 0 Å². The molecule has 1 atom stereocenters. The van der Waals surface area contributed by atoms with Gasteiger partial charge in [-0.25, -0.2) is 22.5 Å². The number of amides is 2. The van der Waals surface area contributed by atoms with E-state index in [9.17, 15) is 31.9 Å². The number of pyridine rings is 1. The fourth-order valence-electron chi connectivity index (χ4n) is 4.16. The van der Waals surface area contributed by atoms with E-state index in [0.717, 1.165) is 4.90 Å². The smallest absolute Gasteiger partial charge is 0.295 e. The fourth-order valence-corrected chi connectivity index (χ4v) is 4.16. The largest absolute Gasteiger partial charge is 0.496 e. The van der Waals surface area contributed by atoms with Crippen molar-refractivity contribution in [1.82, 2.24) is 19.8 Å². The standard InChI is InChI=1S/C22H17F4N7O4/c1-9-8-32(21(35)13-14(23)16(25)18(30-31-27)17(26)15(13)24)5-6-33(9)22(36)19(34)10-7-29-20-12(10)11(37-2)3-4-28-20/h3-4,7,9H,5-6,8H2,1-2H3,(H,28,29). The molecule has 2 aromatic heterocycles. The number of Topliss-reactive ketones (excluding diaryl/α,β-unsaturated/α-hetero) is 1. The first kappa shape index (κ1) is 25.4.